The van der Waals surface area contributed by atoms with E-state index in [2.05, 4.69) is 0 Å². The molecular weight excluding hydrogens is 246 g/mol. The topological polar surface area (TPSA) is 20.2 Å². The lowest BCUT2D eigenvalue weighted by molar-refractivity contribution is 0.187. The van der Waals surface area contributed by atoms with Crippen LogP contribution in [-0.4, -0.2) is 16.2 Å². The summed E-state index contributed by atoms with van der Waals surface area (Å²) in [5.74, 6) is -0.459. The maximum absolute atomic E-state index is 13.6. The van der Waals surface area contributed by atoms with Gasteiger partial charge in [0, 0.05) is 10.5 Å². The Hall–Kier alpha value is 0.0400. The largest absolute Gasteiger partial charge is 0.385 e. The number of benzene rings is 1. The summed E-state index contributed by atoms with van der Waals surface area (Å²) in [7, 11) is 0. The van der Waals surface area contributed by atoms with Crippen LogP contribution in [0.4, 0.5) is 4.39 Å². The molecule has 0 bridgehead atoms. The van der Waals surface area contributed by atoms with E-state index in [0.717, 1.165) is 0 Å². The Labute approximate surface area is 96.2 Å². The van der Waals surface area contributed by atoms with E-state index in [1.165, 1.54) is 17.8 Å². The van der Waals surface area contributed by atoms with E-state index in [1.54, 1.807) is 18.4 Å². The minimum atomic E-state index is -1.19. The number of alkyl halides is 2. The van der Waals surface area contributed by atoms with Crippen LogP contribution in [-0.2, 0) is 0 Å². The van der Waals surface area contributed by atoms with Crippen LogP contribution >= 0.6 is 35.0 Å². The van der Waals surface area contributed by atoms with Gasteiger partial charge in [0.1, 0.15) is 16.8 Å². The summed E-state index contributed by atoms with van der Waals surface area (Å²) < 4.78 is 13.6. The molecule has 0 aromatic heterocycles. The van der Waals surface area contributed by atoms with Crippen LogP contribution in [0.1, 0.15) is 11.7 Å². The molecule has 0 radical (unpaired) electrons. The Morgan fingerprint density at radius 3 is 2.57 bits per heavy atom. The molecule has 1 nitrogen and oxygen atoms in total. The zero-order valence-corrected chi connectivity index (χ0v) is 9.70. The first-order chi connectivity index (χ1) is 6.57. The molecule has 1 unspecified atom stereocenters. The molecule has 0 aliphatic rings. The highest BCUT2D eigenvalue weighted by molar-refractivity contribution is 7.98. The van der Waals surface area contributed by atoms with Gasteiger partial charge >= 0.3 is 0 Å². The average Bonchev–Trinajstić information content (AvgIpc) is 2.17. The molecule has 78 valence electrons. The van der Waals surface area contributed by atoms with E-state index >= 15 is 0 Å². The van der Waals surface area contributed by atoms with E-state index in [4.69, 9.17) is 23.2 Å². The van der Waals surface area contributed by atoms with Crippen molar-refractivity contribution in [2.75, 3.05) is 6.26 Å². The van der Waals surface area contributed by atoms with Crippen LogP contribution in [0.3, 0.4) is 0 Å². The summed E-state index contributed by atoms with van der Waals surface area (Å²) in [6.45, 7) is 0. The summed E-state index contributed by atoms with van der Waals surface area (Å²) >= 11 is 12.2. The molecule has 0 aliphatic heterocycles. The highest BCUT2D eigenvalue weighted by atomic mass is 35.5. The van der Waals surface area contributed by atoms with Crippen LogP contribution in [0.25, 0.3) is 0 Å². The van der Waals surface area contributed by atoms with E-state index < -0.39 is 16.8 Å². The first kappa shape index (κ1) is 12.1. The van der Waals surface area contributed by atoms with Crippen molar-refractivity contribution in [3.05, 3.63) is 29.6 Å². The molecule has 0 spiro atoms. The van der Waals surface area contributed by atoms with Crippen molar-refractivity contribution in [2.24, 2.45) is 0 Å². The summed E-state index contributed by atoms with van der Waals surface area (Å²) in [6.07, 6.45) is 0.568. The molecule has 0 saturated heterocycles. The second-order valence-electron chi connectivity index (χ2n) is 2.64. The van der Waals surface area contributed by atoms with Crippen molar-refractivity contribution >= 4 is 35.0 Å². The molecule has 1 aromatic carbocycles. The van der Waals surface area contributed by atoms with Gasteiger partial charge in [-0.15, -0.1) is 35.0 Å². The number of rotatable bonds is 3. The lowest BCUT2D eigenvalue weighted by atomic mass is 10.1. The molecule has 0 amide bonds. The molecule has 0 heterocycles. The Kier molecular flexibility index (Phi) is 4.51. The number of thioether (sulfide) groups is 1. The maximum atomic E-state index is 13.6. The van der Waals surface area contributed by atoms with Gasteiger partial charge in [-0.1, -0.05) is 12.1 Å². The summed E-state index contributed by atoms with van der Waals surface area (Å²) in [5, 5.41) is 9.49. The van der Waals surface area contributed by atoms with Gasteiger partial charge < -0.3 is 5.11 Å². The Morgan fingerprint density at radius 1 is 1.43 bits per heavy atom. The predicted octanol–water partition coefficient (Wildman–Crippen LogP) is 3.38. The number of aliphatic hydroxyl groups is 1. The summed E-state index contributed by atoms with van der Waals surface area (Å²) in [5.41, 5.74) is 0.131. The van der Waals surface area contributed by atoms with Gasteiger partial charge in [-0.25, -0.2) is 4.39 Å². The molecule has 1 rings (SSSR count). The second kappa shape index (κ2) is 5.21. The summed E-state index contributed by atoms with van der Waals surface area (Å²) in [4.78, 5) is -0.558. The summed E-state index contributed by atoms with van der Waals surface area (Å²) in [6, 6.07) is 4.76. The fraction of sp³-hybridized carbons (Fsp3) is 0.333. The predicted molar refractivity (Wildman–Crippen MR) is 58.6 cm³/mol. The van der Waals surface area contributed by atoms with Gasteiger partial charge in [0.2, 0.25) is 0 Å². The zero-order chi connectivity index (χ0) is 10.7. The fourth-order valence-electron chi connectivity index (χ4n) is 1.05. The van der Waals surface area contributed by atoms with Crippen molar-refractivity contribution < 1.29 is 9.50 Å². The van der Waals surface area contributed by atoms with Gasteiger partial charge in [-0.3, -0.25) is 0 Å². The average molecular weight is 255 g/mol. The van der Waals surface area contributed by atoms with Crippen molar-refractivity contribution in [1.29, 1.82) is 0 Å². The first-order valence-electron chi connectivity index (χ1n) is 3.86. The SMILES string of the molecule is CSc1cccc(C(O)C(Cl)Cl)c1F. The number of hydrogen-bond donors (Lipinski definition) is 1. The highest BCUT2D eigenvalue weighted by Crippen LogP contribution is 2.30. The monoisotopic (exact) mass is 254 g/mol. The lowest BCUT2D eigenvalue weighted by Crippen LogP contribution is -2.08. The zero-order valence-electron chi connectivity index (χ0n) is 7.38. The smallest absolute Gasteiger partial charge is 0.142 e. The molecule has 0 fully saturated rings. The van der Waals surface area contributed by atoms with Gasteiger partial charge in [0.05, 0.1) is 0 Å². The van der Waals surface area contributed by atoms with Crippen LogP contribution in [0.15, 0.2) is 23.1 Å². The Morgan fingerprint density at radius 2 is 2.07 bits per heavy atom. The molecule has 0 aliphatic carbocycles. The minimum absolute atomic E-state index is 0.131. The standard InChI is InChI=1S/C9H9Cl2FOS/c1-14-6-4-2-3-5(7(6)12)8(13)9(10)11/h2-4,8-9,13H,1H3. The molecular formula is C9H9Cl2FOS. The minimum Gasteiger partial charge on any atom is -0.385 e. The van der Waals surface area contributed by atoms with Gasteiger partial charge in [-0.2, -0.15) is 0 Å². The van der Waals surface area contributed by atoms with Crippen molar-refractivity contribution in [1.82, 2.24) is 0 Å². The second-order valence-corrected chi connectivity index (χ2v) is 4.65. The van der Waals surface area contributed by atoms with Crippen molar-refractivity contribution in [3.63, 3.8) is 0 Å². The van der Waals surface area contributed by atoms with Gasteiger partial charge in [-0.05, 0) is 12.3 Å². The van der Waals surface area contributed by atoms with Crippen LogP contribution in [0.2, 0.25) is 0 Å². The quantitative estimate of drug-likeness (QED) is 0.660. The number of hydrogen-bond acceptors (Lipinski definition) is 2. The Bertz CT molecular complexity index is 320. The molecule has 1 N–H and O–H groups in total. The third-order valence-electron chi connectivity index (χ3n) is 1.77. The van der Waals surface area contributed by atoms with Crippen molar-refractivity contribution in [3.8, 4) is 0 Å². The highest BCUT2D eigenvalue weighted by Gasteiger charge is 2.20. The van der Waals surface area contributed by atoms with Crippen LogP contribution in [0, 0.1) is 5.82 Å². The van der Waals surface area contributed by atoms with Gasteiger partial charge in [0.15, 0.2) is 0 Å². The Balaban J connectivity index is 3.09. The lowest BCUT2D eigenvalue weighted by Gasteiger charge is -2.13. The molecule has 1 aromatic rings. The van der Waals surface area contributed by atoms with Crippen molar-refractivity contribution in [2.45, 2.75) is 15.8 Å². The first-order valence-corrected chi connectivity index (χ1v) is 5.96. The molecule has 5 heteroatoms. The van der Waals surface area contributed by atoms with Gasteiger partial charge in [0.25, 0.3) is 0 Å². The fourth-order valence-corrected chi connectivity index (χ4v) is 1.83. The van der Waals surface area contributed by atoms with E-state index in [0.29, 0.717) is 4.90 Å². The molecule has 0 saturated carbocycles. The van der Waals surface area contributed by atoms with E-state index in [9.17, 15) is 9.50 Å². The number of aliphatic hydroxyl groups excluding tert-OH is 1. The normalized spacial score (nSPS) is 13.3. The maximum Gasteiger partial charge on any atom is 0.142 e. The van der Waals surface area contributed by atoms with Crippen LogP contribution in [0.5, 0.6) is 0 Å². The van der Waals surface area contributed by atoms with E-state index in [-0.39, 0.29) is 5.56 Å². The van der Waals surface area contributed by atoms with Crippen LogP contribution < -0.4 is 0 Å². The van der Waals surface area contributed by atoms with E-state index in [1.807, 2.05) is 0 Å². The third kappa shape index (κ3) is 2.54. The number of halogens is 3. The third-order valence-corrected chi connectivity index (χ3v) is 3.00. The molecule has 1 atom stereocenters. The molecule has 14 heavy (non-hydrogen) atoms.